The van der Waals surface area contributed by atoms with Gasteiger partial charge in [0.25, 0.3) is 0 Å². The highest BCUT2D eigenvalue weighted by atomic mass is 19.1. The van der Waals surface area contributed by atoms with Crippen LogP contribution in [0.15, 0.2) is 23.2 Å². The Bertz CT molecular complexity index is 530. The maximum atomic E-state index is 13.3. The van der Waals surface area contributed by atoms with Crippen molar-refractivity contribution in [2.45, 2.75) is 26.8 Å². The van der Waals surface area contributed by atoms with Crippen LogP contribution in [-0.4, -0.2) is 56.8 Å². The Morgan fingerprint density at radius 2 is 2.08 bits per heavy atom. The number of aliphatic imine (C=N–C) groups is 1. The third kappa shape index (κ3) is 6.45. The molecule has 2 rings (SSSR count). The molecule has 1 aromatic rings. The van der Waals surface area contributed by atoms with E-state index in [1.54, 1.807) is 13.0 Å². The molecule has 6 heteroatoms. The molecular weight excluding hydrogens is 307 g/mol. The number of guanidine groups is 1. The van der Waals surface area contributed by atoms with E-state index in [9.17, 15) is 4.39 Å². The van der Waals surface area contributed by atoms with Crippen LogP contribution in [0.2, 0.25) is 0 Å². The number of aryl methyl sites for hydroxylation is 1. The summed E-state index contributed by atoms with van der Waals surface area (Å²) in [4.78, 5) is 7.00. The van der Waals surface area contributed by atoms with Gasteiger partial charge in [0, 0.05) is 26.2 Å². The minimum atomic E-state index is -0.170. The van der Waals surface area contributed by atoms with Gasteiger partial charge in [-0.15, -0.1) is 0 Å². The van der Waals surface area contributed by atoms with Gasteiger partial charge in [0.2, 0.25) is 0 Å². The summed E-state index contributed by atoms with van der Waals surface area (Å²) in [6.45, 7) is 10.9. The molecule has 1 fully saturated rings. The first kappa shape index (κ1) is 18.7. The van der Waals surface area contributed by atoms with E-state index in [1.165, 1.54) is 6.07 Å². The molecule has 1 heterocycles. The number of rotatable bonds is 7. The van der Waals surface area contributed by atoms with Crippen LogP contribution in [0.1, 0.15) is 24.5 Å². The van der Waals surface area contributed by atoms with Crippen molar-refractivity contribution in [1.29, 1.82) is 0 Å². The van der Waals surface area contributed by atoms with Crippen LogP contribution in [0.5, 0.6) is 0 Å². The van der Waals surface area contributed by atoms with Gasteiger partial charge in [-0.2, -0.15) is 0 Å². The molecule has 0 amide bonds. The second-order valence-electron chi connectivity index (χ2n) is 6.01. The lowest BCUT2D eigenvalue weighted by Crippen LogP contribution is -2.40. The third-order valence-electron chi connectivity index (χ3n) is 4.03. The first-order chi connectivity index (χ1) is 11.7. The first-order valence-electron chi connectivity index (χ1n) is 8.76. The van der Waals surface area contributed by atoms with Gasteiger partial charge in [0.15, 0.2) is 5.96 Å². The van der Waals surface area contributed by atoms with E-state index in [-0.39, 0.29) is 5.82 Å². The molecule has 1 saturated heterocycles. The van der Waals surface area contributed by atoms with E-state index >= 15 is 0 Å². The van der Waals surface area contributed by atoms with E-state index in [1.807, 2.05) is 13.0 Å². The largest absolute Gasteiger partial charge is 0.379 e. The van der Waals surface area contributed by atoms with Crippen molar-refractivity contribution in [2.75, 3.05) is 45.9 Å². The van der Waals surface area contributed by atoms with Gasteiger partial charge in [-0.25, -0.2) is 9.38 Å². The summed E-state index contributed by atoms with van der Waals surface area (Å²) in [6, 6.07) is 5.14. The van der Waals surface area contributed by atoms with Crippen molar-refractivity contribution >= 4 is 5.96 Å². The second-order valence-corrected chi connectivity index (χ2v) is 6.01. The number of ether oxygens (including phenoxy) is 1. The maximum absolute atomic E-state index is 13.3. The van der Waals surface area contributed by atoms with Crippen LogP contribution in [0.4, 0.5) is 4.39 Å². The Kier molecular flexibility index (Phi) is 7.98. The molecule has 1 aromatic carbocycles. The summed E-state index contributed by atoms with van der Waals surface area (Å²) in [5.74, 6) is 0.636. The summed E-state index contributed by atoms with van der Waals surface area (Å²) < 4.78 is 18.7. The Morgan fingerprint density at radius 1 is 1.29 bits per heavy atom. The molecule has 0 saturated carbocycles. The molecule has 0 spiro atoms. The predicted octanol–water partition coefficient (Wildman–Crippen LogP) is 1.91. The Labute approximate surface area is 144 Å². The fourth-order valence-corrected chi connectivity index (χ4v) is 2.65. The zero-order chi connectivity index (χ0) is 17.2. The third-order valence-corrected chi connectivity index (χ3v) is 4.03. The summed E-state index contributed by atoms with van der Waals surface area (Å²) in [5, 5.41) is 6.61. The molecule has 0 unspecified atom stereocenters. The highest BCUT2D eigenvalue weighted by Crippen LogP contribution is 2.10. The summed E-state index contributed by atoms with van der Waals surface area (Å²) in [6.07, 6.45) is 1.07. The van der Waals surface area contributed by atoms with Crippen molar-refractivity contribution in [1.82, 2.24) is 15.5 Å². The topological polar surface area (TPSA) is 48.9 Å². The molecule has 1 aliphatic rings. The quantitative estimate of drug-likeness (QED) is 0.454. The fraction of sp³-hybridized carbons (Fsp3) is 0.611. The number of nitrogens with one attached hydrogen (secondary N) is 2. The number of benzene rings is 1. The molecule has 24 heavy (non-hydrogen) atoms. The van der Waals surface area contributed by atoms with Crippen LogP contribution in [-0.2, 0) is 11.3 Å². The number of hydrogen-bond donors (Lipinski definition) is 2. The maximum Gasteiger partial charge on any atom is 0.191 e. The average Bonchev–Trinajstić information content (AvgIpc) is 2.60. The smallest absolute Gasteiger partial charge is 0.191 e. The van der Waals surface area contributed by atoms with Crippen molar-refractivity contribution < 1.29 is 9.13 Å². The van der Waals surface area contributed by atoms with Crippen LogP contribution in [0.3, 0.4) is 0 Å². The Hall–Kier alpha value is -1.66. The van der Waals surface area contributed by atoms with Crippen molar-refractivity contribution in [2.24, 2.45) is 4.99 Å². The lowest BCUT2D eigenvalue weighted by atomic mass is 10.1. The zero-order valence-electron chi connectivity index (χ0n) is 14.8. The lowest BCUT2D eigenvalue weighted by Gasteiger charge is -2.26. The van der Waals surface area contributed by atoms with Crippen LogP contribution in [0.25, 0.3) is 0 Å². The standard InChI is InChI=1S/C18H29FN4O/c1-3-20-18(21-7-4-8-23-9-11-24-12-10-23)22-14-16-5-6-17(19)15(2)13-16/h5-6,13H,3-4,7-12,14H2,1-2H3,(H2,20,21,22). The van der Waals surface area contributed by atoms with Crippen LogP contribution >= 0.6 is 0 Å². The van der Waals surface area contributed by atoms with E-state index in [2.05, 4.69) is 20.5 Å². The number of morpholine rings is 1. The molecule has 0 atom stereocenters. The van der Waals surface area contributed by atoms with E-state index in [0.717, 1.165) is 63.9 Å². The fourth-order valence-electron chi connectivity index (χ4n) is 2.65. The summed E-state index contributed by atoms with van der Waals surface area (Å²) >= 11 is 0. The van der Waals surface area contributed by atoms with Gasteiger partial charge >= 0.3 is 0 Å². The molecule has 5 nitrogen and oxygen atoms in total. The molecule has 1 aliphatic heterocycles. The Morgan fingerprint density at radius 3 is 2.79 bits per heavy atom. The predicted molar refractivity (Wildman–Crippen MR) is 95.8 cm³/mol. The van der Waals surface area contributed by atoms with Gasteiger partial charge in [0.1, 0.15) is 5.82 Å². The van der Waals surface area contributed by atoms with Crippen LogP contribution in [0, 0.1) is 12.7 Å². The van der Waals surface area contributed by atoms with Gasteiger partial charge in [-0.1, -0.05) is 12.1 Å². The number of halogens is 1. The van der Waals surface area contributed by atoms with E-state index < -0.39 is 0 Å². The van der Waals surface area contributed by atoms with Gasteiger partial charge < -0.3 is 15.4 Å². The molecule has 134 valence electrons. The van der Waals surface area contributed by atoms with Gasteiger partial charge in [-0.05, 0) is 44.0 Å². The normalized spacial score (nSPS) is 16.2. The van der Waals surface area contributed by atoms with Gasteiger partial charge in [-0.3, -0.25) is 4.90 Å². The van der Waals surface area contributed by atoms with Crippen molar-refractivity contribution in [3.63, 3.8) is 0 Å². The molecule has 0 aliphatic carbocycles. The Balaban J connectivity index is 1.76. The first-order valence-corrected chi connectivity index (χ1v) is 8.76. The molecule has 0 aromatic heterocycles. The number of hydrogen-bond acceptors (Lipinski definition) is 3. The minimum Gasteiger partial charge on any atom is -0.379 e. The molecule has 0 bridgehead atoms. The summed E-state index contributed by atoms with van der Waals surface area (Å²) in [7, 11) is 0. The minimum absolute atomic E-state index is 0.170. The van der Waals surface area contributed by atoms with Crippen molar-refractivity contribution in [3.8, 4) is 0 Å². The molecular formula is C18H29FN4O. The SMILES string of the molecule is CCNC(=NCc1ccc(F)c(C)c1)NCCCN1CCOCC1. The molecule has 0 radical (unpaired) electrons. The lowest BCUT2D eigenvalue weighted by molar-refractivity contribution is 0.0376. The zero-order valence-corrected chi connectivity index (χ0v) is 14.8. The highest BCUT2D eigenvalue weighted by molar-refractivity contribution is 5.79. The average molecular weight is 336 g/mol. The van der Waals surface area contributed by atoms with E-state index in [4.69, 9.17) is 4.74 Å². The second kappa shape index (κ2) is 10.3. The highest BCUT2D eigenvalue weighted by Gasteiger charge is 2.09. The molecule has 2 N–H and O–H groups in total. The monoisotopic (exact) mass is 336 g/mol. The van der Waals surface area contributed by atoms with Crippen LogP contribution < -0.4 is 10.6 Å². The summed E-state index contributed by atoms with van der Waals surface area (Å²) in [5.41, 5.74) is 1.67. The van der Waals surface area contributed by atoms with Gasteiger partial charge in [0.05, 0.1) is 19.8 Å². The van der Waals surface area contributed by atoms with Crippen molar-refractivity contribution in [3.05, 3.63) is 35.1 Å². The number of nitrogens with zero attached hydrogens (tertiary/aromatic N) is 2. The van der Waals surface area contributed by atoms with E-state index in [0.29, 0.717) is 12.1 Å².